The zero-order chi connectivity index (χ0) is 22.8. The molecule has 1 fully saturated rings. The molecule has 1 unspecified atom stereocenters. The van der Waals surface area contributed by atoms with Crippen molar-refractivity contribution >= 4 is 46.7 Å². The number of hydrogen-bond donors (Lipinski definition) is 1. The standard InChI is InChI=1S/C22H18N4O5S/c1-13(26-19(28)15-6-2-3-7-16(15)20(26)29)18(27)24-9-10-25-21(30)17(32-22(25)31)11-14-5-4-8-23-12-14/h2-8,11-13H,9-10H2,1H3,(H,24,27). The molecule has 2 aromatic rings. The Balaban J connectivity index is 1.35. The number of nitrogens with one attached hydrogen (secondary N) is 1. The molecule has 1 atom stereocenters. The number of thioether (sulfide) groups is 1. The van der Waals surface area contributed by atoms with Gasteiger partial charge in [0.25, 0.3) is 23.0 Å². The lowest BCUT2D eigenvalue weighted by molar-refractivity contribution is -0.126. The minimum Gasteiger partial charge on any atom is -0.353 e. The predicted molar refractivity (Wildman–Crippen MR) is 116 cm³/mol. The molecule has 2 aliphatic rings. The van der Waals surface area contributed by atoms with Crippen molar-refractivity contribution in [2.75, 3.05) is 13.1 Å². The van der Waals surface area contributed by atoms with Crippen LogP contribution in [-0.4, -0.2) is 62.8 Å². The Morgan fingerprint density at radius 3 is 2.38 bits per heavy atom. The molecule has 4 rings (SSSR count). The Bertz CT molecular complexity index is 1130. The molecule has 1 aromatic carbocycles. The predicted octanol–water partition coefficient (Wildman–Crippen LogP) is 1.92. The van der Waals surface area contributed by atoms with Crippen LogP contribution in [0.4, 0.5) is 4.79 Å². The lowest BCUT2D eigenvalue weighted by atomic mass is 10.1. The van der Waals surface area contributed by atoms with Gasteiger partial charge in [-0.25, -0.2) is 0 Å². The summed E-state index contributed by atoms with van der Waals surface area (Å²) in [6.07, 6.45) is 4.77. The number of fused-ring (bicyclic) bond motifs is 1. The van der Waals surface area contributed by atoms with E-state index < -0.39 is 34.9 Å². The highest BCUT2D eigenvalue weighted by Gasteiger charge is 2.40. The Hall–Kier alpha value is -3.79. The molecule has 0 radical (unpaired) electrons. The zero-order valence-corrected chi connectivity index (χ0v) is 17.8. The van der Waals surface area contributed by atoms with Crippen LogP contribution in [0.25, 0.3) is 6.08 Å². The fourth-order valence-corrected chi connectivity index (χ4v) is 4.29. The zero-order valence-electron chi connectivity index (χ0n) is 17.0. The van der Waals surface area contributed by atoms with E-state index in [0.29, 0.717) is 5.56 Å². The molecule has 1 N–H and O–H groups in total. The highest BCUT2D eigenvalue weighted by atomic mass is 32.2. The van der Waals surface area contributed by atoms with Crippen LogP contribution in [0.1, 0.15) is 33.2 Å². The maximum atomic E-state index is 12.5. The van der Waals surface area contributed by atoms with Crippen molar-refractivity contribution in [2.24, 2.45) is 0 Å². The number of imide groups is 2. The van der Waals surface area contributed by atoms with E-state index in [1.54, 1.807) is 54.9 Å². The number of benzene rings is 1. The summed E-state index contributed by atoms with van der Waals surface area (Å²) in [5.74, 6) is -2.07. The minimum atomic E-state index is -1.04. The van der Waals surface area contributed by atoms with E-state index in [2.05, 4.69) is 10.3 Å². The third-order valence-corrected chi connectivity index (χ3v) is 5.99. The van der Waals surface area contributed by atoms with Gasteiger partial charge in [0.2, 0.25) is 5.91 Å². The van der Waals surface area contributed by atoms with E-state index in [-0.39, 0.29) is 29.1 Å². The lowest BCUT2D eigenvalue weighted by Gasteiger charge is -2.22. The molecule has 162 valence electrons. The first kappa shape index (κ1) is 21.4. The minimum absolute atomic E-state index is 0.00937. The molecule has 1 saturated heterocycles. The Morgan fingerprint density at radius 2 is 1.75 bits per heavy atom. The Morgan fingerprint density at radius 1 is 1.06 bits per heavy atom. The molecular formula is C22H18N4O5S. The fraction of sp³-hybridized carbons (Fsp3) is 0.182. The maximum Gasteiger partial charge on any atom is 0.293 e. The van der Waals surface area contributed by atoms with Crippen LogP contribution in [0.5, 0.6) is 0 Å². The van der Waals surface area contributed by atoms with E-state index in [1.165, 1.54) is 6.92 Å². The van der Waals surface area contributed by atoms with Gasteiger partial charge in [-0.3, -0.25) is 38.8 Å². The molecule has 0 bridgehead atoms. The molecule has 0 saturated carbocycles. The van der Waals surface area contributed by atoms with Crippen molar-refractivity contribution in [3.63, 3.8) is 0 Å². The smallest absolute Gasteiger partial charge is 0.293 e. The molecule has 2 aliphatic heterocycles. The Kier molecular flexibility index (Phi) is 5.87. The molecule has 0 spiro atoms. The first-order valence-corrected chi connectivity index (χ1v) is 10.6. The number of rotatable bonds is 6. The van der Waals surface area contributed by atoms with Crippen LogP contribution in [0.2, 0.25) is 0 Å². The second-order valence-electron chi connectivity index (χ2n) is 7.11. The lowest BCUT2D eigenvalue weighted by Crippen LogP contribution is -2.49. The molecule has 3 heterocycles. The second kappa shape index (κ2) is 8.75. The van der Waals surface area contributed by atoms with Crippen molar-refractivity contribution in [1.82, 2.24) is 20.1 Å². The number of amides is 5. The number of carbonyl (C=O) groups is 5. The number of aromatic nitrogens is 1. The van der Waals surface area contributed by atoms with Crippen LogP contribution in [0.15, 0.2) is 53.7 Å². The summed E-state index contributed by atoms with van der Waals surface area (Å²) in [6, 6.07) is 8.83. The molecule has 9 nitrogen and oxygen atoms in total. The van der Waals surface area contributed by atoms with Gasteiger partial charge in [0.05, 0.1) is 16.0 Å². The van der Waals surface area contributed by atoms with Gasteiger partial charge in [0, 0.05) is 25.5 Å². The number of hydrogen-bond acceptors (Lipinski definition) is 7. The SMILES string of the molecule is CC(C(=O)NCCN1C(=O)SC(=Cc2cccnc2)C1=O)N1C(=O)c2ccccc2C1=O. The van der Waals surface area contributed by atoms with Crippen LogP contribution in [0.3, 0.4) is 0 Å². The van der Waals surface area contributed by atoms with E-state index in [0.717, 1.165) is 21.6 Å². The van der Waals surface area contributed by atoms with Crippen LogP contribution in [-0.2, 0) is 9.59 Å². The average Bonchev–Trinajstić information content (AvgIpc) is 3.21. The van der Waals surface area contributed by atoms with Crippen LogP contribution < -0.4 is 5.32 Å². The summed E-state index contributed by atoms with van der Waals surface area (Å²) in [6.45, 7) is 1.41. The summed E-state index contributed by atoms with van der Waals surface area (Å²) in [7, 11) is 0. The van der Waals surface area contributed by atoms with Gasteiger partial charge in [-0.05, 0) is 48.5 Å². The van der Waals surface area contributed by atoms with Crippen molar-refractivity contribution in [3.8, 4) is 0 Å². The van der Waals surface area contributed by atoms with Gasteiger partial charge in [-0.15, -0.1) is 0 Å². The largest absolute Gasteiger partial charge is 0.353 e. The van der Waals surface area contributed by atoms with Gasteiger partial charge in [0.1, 0.15) is 6.04 Å². The topological polar surface area (TPSA) is 117 Å². The molecule has 10 heteroatoms. The van der Waals surface area contributed by atoms with E-state index in [1.807, 2.05) is 0 Å². The van der Waals surface area contributed by atoms with E-state index >= 15 is 0 Å². The summed E-state index contributed by atoms with van der Waals surface area (Å²) >= 11 is 0.816. The summed E-state index contributed by atoms with van der Waals surface area (Å²) in [5.41, 5.74) is 1.21. The summed E-state index contributed by atoms with van der Waals surface area (Å²) in [4.78, 5) is 68.5. The Labute approximate surface area is 187 Å². The average molecular weight is 450 g/mol. The second-order valence-corrected chi connectivity index (χ2v) is 8.11. The third kappa shape index (κ3) is 3.92. The first-order chi connectivity index (χ1) is 15.4. The van der Waals surface area contributed by atoms with Gasteiger partial charge in [0.15, 0.2) is 0 Å². The van der Waals surface area contributed by atoms with Crippen molar-refractivity contribution in [3.05, 3.63) is 70.4 Å². The van der Waals surface area contributed by atoms with Crippen molar-refractivity contribution < 1.29 is 24.0 Å². The molecule has 5 amide bonds. The van der Waals surface area contributed by atoms with Gasteiger partial charge in [-0.1, -0.05) is 18.2 Å². The third-order valence-electron chi connectivity index (χ3n) is 5.08. The highest BCUT2D eigenvalue weighted by molar-refractivity contribution is 8.18. The van der Waals surface area contributed by atoms with Crippen molar-refractivity contribution in [2.45, 2.75) is 13.0 Å². The van der Waals surface area contributed by atoms with Gasteiger partial charge >= 0.3 is 0 Å². The monoisotopic (exact) mass is 450 g/mol. The fourth-order valence-electron chi connectivity index (χ4n) is 3.42. The number of nitrogens with zero attached hydrogens (tertiary/aromatic N) is 3. The highest BCUT2D eigenvalue weighted by Crippen LogP contribution is 2.31. The first-order valence-electron chi connectivity index (χ1n) is 9.78. The normalized spacial score (nSPS) is 17.8. The van der Waals surface area contributed by atoms with Gasteiger partial charge < -0.3 is 5.32 Å². The molecule has 0 aliphatic carbocycles. The van der Waals surface area contributed by atoms with Crippen LogP contribution >= 0.6 is 11.8 Å². The van der Waals surface area contributed by atoms with Crippen molar-refractivity contribution in [1.29, 1.82) is 0 Å². The number of carbonyl (C=O) groups excluding carboxylic acids is 5. The maximum absolute atomic E-state index is 12.5. The summed E-state index contributed by atoms with van der Waals surface area (Å²) in [5, 5.41) is 2.15. The van der Waals surface area contributed by atoms with E-state index in [4.69, 9.17) is 0 Å². The van der Waals surface area contributed by atoms with E-state index in [9.17, 15) is 24.0 Å². The van der Waals surface area contributed by atoms with Gasteiger partial charge in [-0.2, -0.15) is 0 Å². The molecular weight excluding hydrogens is 432 g/mol. The number of pyridine rings is 1. The molecule has 1 aromatic heterocycles. The van der Waals surface area contributed by atoms with Crippen LogP contribution in [0, 0.1) is 0 Å². The quantitative estimate of drug-likeness (QED) is 0.528. The molecule has 32 heavy (non-hydrogen) atoms. The summed E-state index contributed by atoms with van der Waals surface area (Å²) < 4.78 is 0.